The molecule has 0 aliphatic carbocycles. The number of amides is 2. The number of fused-ring (bicyclic) bond motifs is 4. The Hall–Kier alpha value is -1.95. The summed E-state index contributed by atoms with van der Waals surface area (Å²) in [7, 11) is 1.30. The molecular weight excluding hydrogens is 284 g/mol. The quantitative estimate of drug-likeness (QED) is 0.772. The van der Waals surface area contributed by atoms with Crippen molar-refractivity contribution in [2.45, 2.75) is 18.7 Å². The Balaban J connectivity index is 2.18. The number of rotatable bonds is 1. The highest BCUT2D eigenvalue weighted by molar-refractivity contribution is 6.32. The zero-order chi connectivity index (χ0) is 14.5. The number of benzene rings is 1. The first-order valence-corrected chi connectivity index (χ1v) is 6.48. The maximum Gasteiger partial charge on any atom is 0.318 e. The van der Waals surface area contributed by atoms with Crippen molar-refractivity contribution in [3.8, 4) is 5.75 Å². The summed E-state index contributed by atoms with van der Waals surface area (Å²) in [5, 5.41) is 5.79. The molecule has 2 heterocycles. The van der Waals surface area contributed by atoms with Crippen LogP contribution in [0.25, 0.3) is 0 Å². The Kier molecular flexibility index (Phi) is 2.79. The second kappa shape index (κ2) is 4.28. The molecule has 3 atom stereocenters. The molecule has 1 fully saturated rings. The number of para-hydroxylation sites is 1. The lowest BCUT2D eigenvalue weighted by Crippen LogP contribution is -2.70. The number of hydrogen-bond donors (Lipinski definition) is 2. The first kappa shape index (κ1) is 13.1. The monoisotopic (exact) mass is 296 g/mol. The first-order valence-electron chi connectivity index (χ1n) is 6.10. The third kappa shape index (κ3) is 1.71. The molecule has 20 heavy (non-hydrogen) atoms. The van der Waals surface area contributed by atoms with Crippen molar-refractivity contribution in [2.24, 2.45) is 5.92 Å². The van der Waals surface area contributed by atoms with Gasteiger partial charge in [0.1, 0.15) is 11.7 Å². The normalized spacial score (nSPS) is 30.4. The molecule has 106 valence electrons. The Morgan fingerprint density at radius 1 is 1.50 bits per heavy atom. The predicted molar refractivity (Wildman–Crippen MR) is 70.4 cm³/mol. The Morgan fingerprint density at radius 3 is 2.95 bits per heavy atom. The van der Waals surface area contributed by atoms with Gasteiger partial charge in [0, 0.05) is 5.56 Å². The number of carbonyl (C=O) groups is 2. The topological polar surface area (TPSA) is 76.7 Å². The predicted octanol–water partition coefficient (Wildman–Crippen LogP) is 1.59. The number of carbonyl (C=O) groups excluding carboxylic acids is 2. The van der Waals surface area contributed by atoms with Gasteiger partial charge in [-0.15, -0.1) is 0 Å². The SMILES string of the molecule is COC(=O)C1C2NC(=O)NC1(C)Oc1c(Cl)cccc12. The van der Waals surface area contributed by atoms with E-state index in [1.54, 1.807) is 25.1 Å². The zero-order valence-electron chi connectivity index (χ0n) is 10.9. The van der Waals surface area contributed by atoms with Gasteiger partial charge in [-0.05, 0) is 13.0 Å². The number of halogens is 1. The summed E-state index contributed by atoms with van der Waals surface area (Å²) in [6.07, 6.45) is 0. The van der Waals surface area contributed by atoms with Crippen LogP contribution < -0.4 is 15.4 Å². The molecule has 1 aromatic carbocycles. The van der Waals surface area contributed by atoms with Crippen molar-refractivity contribution in [3.05, 3.63) is 28.8 Å². The van der Waals surface area contributed by atoms with Gasteiger partial charge in [-0.1, -0.05) is 23.7 Å². The van der Waals surface area contributed by atoms with E-state index in [0.717, 1.165) is 0 Å². The van der Waals surface area contributed by atoms with Gasteiger partial charge in [0.15, 0.2) is 5.72 Å². The third-order valence-corrected chi connectivity index (χ3v) is 3.97. The smallest absolute Gasteiger partial charge is 0.318 e. The van der Waals surface area contributed by atoms with Crippen molar-refractivity contribution in [1.82, 2.24) is 10.6 Å². The van der Waals surface area contributed by atoms with E-state index in [4.69, 9.17) is 21.1 Å². The van der Waals surface area contributed by atoms with Crippen molar-refractivity contribution < 1.29 is 19.1 Å². The highest BCUT2D eigenvalue weighted by atomic mass is 35.5. The molecular formula is C13H13ClN2O4. The summed E-state index contributed by atoms with van der Waals surface area (Å²) in [4.78, 5) is 23.8. The zero-order valence-corrected chi connectivity index (χ0v) is 11.7. The maximum atomic E-state index is 12.1. The molecule has 3 rings (SSSR count). The largest absolute Gasteiger partial charge is 0.469 e. The summed E-state index contributed by atoms with van der Waals surface area (Å²) >= 11 is 6.13. The van der Waals surface area contributed by atoms with Gasteiger partial charge in [-0.2, -0.15) is 0 Å². The van der Waals surface area contributed by atoms with Crippen molar-refractivity contribution in [2.75, 3.05) is 7.11 Å². The van der Waals surface area contributed by atoms with E-state index >= 15 is 0 Å². The fourth-order valence-corrected chi connectivity index (χ4v) is 3.03. The number of methoxy groups -OCH3 is 1. The van der Waals surface area contributed by atoms with Gasteiger partial charge in [0.2, 0.25) is 0 Å². The van der Waals surface area contributed by atoms with Gasteiger partial charge < -0.3 is 14.8 Å². The van der Waals surface area contributed by atoms with E-state index in [9.17, 15) is 9.59 Å². The minimum absolute atomic E-state index is 0.400. The van der Waals surface area contributed by atoms with E-state index in [-0.39, 0.29) is 0 Å². The van der Waals surface area contributed by atoms with Crippen molar-refractivity contribution in [3.63, 3.8) is 0 Å². The maximum absolute atomic E-state index is 12.1. The van der Waals surface area contributed by atoms with Crippen LogP contribution in [0.2, 0.25) is 5.02 Å². The average molecular weight is 297 g/mol. The van der Waals surface area contributed by atoms with Crippen LogP contribution in [0.5, 0.6) is 5.75 Å². The third-order valence-electron chi connectivity index (χ3n) is 3.68. The molecule has 1 saturated heterocycles. The average Bonchev–Trinajstić information content (AvgIpc) is 2.38. The van der Waals surface area contributed by atoms with Crippen LogP contribution in [0.3, 0.4) is 0 Å². The molecule has 7 heteroatoms. The molecule has 0 radical (unpaired) electrons. The van der Waals surface area contributed by atoms with E-state index in [1.165, 1.54) is 7.11 Å². The number of urea groups is 1. The Bertz CT molecular complexity index is 606. The van der Waals surface area contributed by atoms with Crippen LogP contribution in [-0.2, 0) is 9.53 Å². The van der Waals surface area contributed by atoms with Gasteiger partial charge in [-0.25, -0.2) is 4.79 Å². The molecule has 2 bridgehead atoms. The van der Waals surface area contributed by atoms with Crippen LogP contribution in [0, 0.1) is 5.92 Å². The minimum Gasteiger partial charge on any atom is -0.469 e. The summed E-state index contributed by atoms with van der Waals surface area (Å²) < 4.78 is 10.7. The summed E-state index contributed by atoms with van der Waals surface area (Å²) in [6.45, 7) is 1.63. The molecule has 0 saturated carbocycles. The fourth-order valence-electron chi connectivity index (χ4n) is 2.81. The van der Waals surface area contributed by atoms with Gasteiger partial charge in [-0.3, -0.25) is 10.1 Å². The number of esters is 1. The molecule has 2 N–H and O–H groups in total. The minimum atomic E-state index is -1.20. The van der Waals surface area contributed by atoms with Crippen LogP contribution in [0.15, 0.2) is 18.2 Å². The number of nitrogens with one attached hydrogen (secondary N) is 2. The van der Waals surface area contributed by atoms with E-state index < -0.39 is 29.7 Å². The van der Waals surface area contributed by atoms with E-state index in [1.807, 2.05) is 0 Å². The van der Waals surface area contributed by atoms with Crippen LogP contribution in [0.4, 0.5) is 4.79 Å². The van der Waals surface area contributed by atoms with Crippen molar-refractivity contribution >= 4 is 23.6 Å². The lowest BCUT2D eigenvalue weighted by molar-refractivity contribution is -0.160. The second-order valence-electron chi connectivity index (χ2n) is 4.94. The highest BCUT2D eigenvalue weighted by Crippen LogP contribution is 2.47. The van der Waals surface area contributed by atoms with E-state index in [0.29, 0.717) is 16.3 Å². The molecule has 2 aliphatic rings. The Morgan fingerprint density at radius 2 is 2.25 bits per heavy atom. The van der Waals surface area contributed by atoms with Crippen LogP contribution in [0.1, 0.15) is 18.5 Å². The van der Waals surface area contributed by atoms with Gasteiger partial charge >= 0.3 is 12.0 Å². The Labute approximate surface area is 120 Å². The fraction of sp³-hybridized carbons (Fsp3) is 0.385. The van der Waals surface area contributed by atoms with Gasteiger partial charge in [0.05, 0.1) is 18.2 Å². The lowest BCUT2D eigenvalue weighted by Gasteiger charge is -2.48. The van der Waals surface area contributed by atoms with Crippen molar-refractivity contribution in [1.29, 1.82) is 0 Å². The summed E-state index contributed by atoms with van der Waals surface area (Å²) in [5.41, 5.74) is -0.529. The molecule has 2 amide bonds. The molecule has 2 aliphatic heterocycles. The highest BCUT2D eigenvalue weighted by Gasteiger charge is 2.56. The molecule has 6 nitrogen and oxygen atoms in total. The van der Waals surface area contributed by atoms with Crippen LogP contribution in [-0.4, -0.2) is 24.8 Å². The molecule has 3 unspecified atom stereocenters. The second-order valence-corrected chi connectivity index (χ2v) is 5.35. The molecule has 0 spiro atoms. The standard InChI is InChI=1S/C13H13ClN2O4/c1-13-8(11(17)19-2)9(15-12(18)16-13)6-4-3-5-7(14)10(6)20-13/h3-5,8-9H,1-2H3,(H2,15,16,18). The summed E-state index contributed by atoms with van der Waals surface area (Å²) in [6, 6.07) is 4.27. The summed E-state index contributed by atoms with van der Waals surface area (Å²) in [5.74, 6) is -0.693. The van der Waals surface area contributed by atoms with Gasteiger partial charge in [0.25, 0.3) is 0 Å². The number of hydrogen-bond acceptors (Lipinski definition) is 4. The lowest BCUT2D eigenvalue weighted by atomic mass is 9.80. The van der Waals surface area contributed by atoms with Crippen LogP contribution >= 0.6 is 11.6 Å². The molecule has 1 aromatic rings. The number of ether oxygens (including phenoxy) is 2. The molecule has 0 aromatic heterocycles. The first-order chi connectivity index (χ1) is 9.46. The van der Waals surface area contributed by atoms with E-state index in [2.05, 4.69) is 10.6 Å².